The lowest BCUT2D eigenvalue weighted by Gasteiger charge is -2.14. The molecular formula is C24H24N2O5. The molecule has 0 heterocycles. The summed E-state index contributed by atoms with van der Waals surface area (Å²) in [5.41, 5.74) is 2.52. The van der Waals surface area contributed by atoms with Gasteiger partial charge in [0.15, 0.2) is 11.5 Å². The molecule has 2 N–H and O–H groups in total. The highest BCUT2D eigenvalue weighted by atomic mass is 16.5. The molecule has 0 aliphatic heterocycles. The largest absolute Gasteiger partial charge is 0.493 e. The Kier molecular flexibility index (Phi) is 7.11. The Labute approximate surface area is 180 Å². The molecule has 0 aliphatic carbocycles. The molecule has 2 amide bonds. The first kappa shape index (κ1) is 21.7. The van der Waals surface area contributed by atoms with Gasteiger partial charge in [-0.25, -0.2) is 0 Å². The summed E-state index contributed by atoms with van der Waals surface area (Å²) in [6.45, 7) is 0. The maximum atomic E-state index is 12.7. The lowest BCUT2D eigenvalue weighted by Crippen LogP contribution is -2.15. The van der Waals surface area contributed by atoms with Crippen molar-refractivity contribution in [1.29, 1.82) is 0 Å². The number of ether oxygens (including phenoxy) is 3. The first-order valence-corrected chi connectivity index (χ1v) is 9.59. The number of nitrogens with one attached hydrogen (secondary N) is 2. The molecule has 0 spiro atoms. The summed E-state index contributed by atoms with van der Waals surface area (Å²) in [6, 6.07) is 19.6. The Morgan fingerprint density at radius 2 is 1.29 bits per heavy atom. The topological polar surface area (TPSA) is 85.9 Å². The van der Waals surface area contributed by atoms with E-state index in [-0.39, 0.29) is 11.8 Å². The standard InChI is InChI=1S/C24H24N2O5/c1-29-20-14-17(15-21(30-2)23(20)31-3)24(28)26-19-11-9-18(10-12-19)25-22(27)13-16-7-5-4-6-8-16/h4-12,14-15H,13H2,1-3H3,(H,25,27)(H,26,28). The zero-order valence-corrected chi connectivity index (χ0v) is 17.6. The number of rotatable bonds is 8. The number of carbonyl (C=O) groups is 2. The van der Waals surface area contributed by atoms with Crippen LogP contribution in [0.5, 0.6) is 17.2 Å². The molecule has 0 unspecified atom stereocenters. The number of methoxy groups -OCH3 is 3. The molecule has 31 heavy (non-hydrogen) atoms. The van der Waals surface area contributed by atoms with Gasteiger partial charge in [0, 0.05) is 16.9 Å². The third kappa shape index (κ3) is 5.54. The van der Waals surface area contributed by atoms with Crippen LogP contribution in [0, 0.1) is 0 Å². The monoisotopic (exact) mass is 420 g/mol. The van der Waals surface area contributed by atoms with Gasteiger partial charge in [-0.3, -0.25) is 9.59 Å². The van der Waals surface area contributed by atoms with E-state index in [1.165, 1.54) is 21.3 Å². The number of hydrogen-bond donors (Lipinski definition) is 2. The lowest BCUT2D eigenvalue weighted by atomic mass is 10.1. The van der Waals surface area contributed by atoms with Crippen LogP contribution in [-0.2, 0) is 11.2 Å². The van der Waals surface area contributed by atoms with Crippen molar-refractivity contribution in [2.24, 2.45) is 0 Å². The zero-order chi connectivity index (χ0) is 22.2. The summed E-state index contributed by atoms with van der Waals surface area (Å²) in [5.74, 6) is 0.754. The molecular weight excluding hydrogens is 396 g/mol. The first-order chi connectivity index (χ1) is 15.0. The molecule has 0 bridgehead atoms. The third-order valence-corrected chi connectivity index (χ3v) is 4.56. The van der Waals surface area contributed by atoms with Crippen molar-refractivity contribution in [2.75, 3.05) is 32.0 Å². The molecule has 0 saturated heterocycles. The molecule has 3 aromatic carbocycles. The van der Waals surface area contributed by atoms with Gasteiger partial charge in [-0.1, -0.05) is 30.3 Å². The quantitative estimate of drug-likeness (QED) is 0.572. The molecule has 3 rings (SSSR count). The Bertz CT molecular complexity index is 1020. The van der Waals surface area contributed by atoms with Crippen molar-refractivity contribution in [3.63, 3.8) is 0 Å². The smallest absolute Gasteiger partial charge is 0.255 e. The maximum absolute atomic E-state index is 12.7. The summed E-state index contributed by atoms with van der Waals surface area (Å²) in [5, 5.41) is 5.66. The molecule has 3 aromatic rings. The van der Waals surface area contributed by atoms with Gasteiger partial charge < -0.3 is 24.8 Å². The Morgan fingerprint density at radius 3 is 1.81 bits per heavy atom. The summed E-state index contributed by atoms with van der Waals surface area (Å²) < 4.78 is 15.9. The number of hydrogen-bond acceptors (Lipinski definition) is 5. The molecule has 7 nitrogen and oxygen atoms in total. The number of carbonyl (C=O) groups excluding carboxylic acids is 2. The van der Waals surface area contributed by atoms with Crippen LogP contribution in [0.3, 0.4) is 0 Å². The van der Waals surface area contributed by atoms with E-state index in [0.717, 1.165) is 5.56 Å². The first-order valence-electron chi connectivity index (χ1n) is 9.59. The van der Waals surface area contributed by atoms with E-state index >= 15 is 0 Å². The molecule has 0 aliphatic rings. The highest BCUT2D eigenvalue weighted by Gasteiger charge is 2.17. The minimum Gasteiger partial charge on any atom is -0.493 e. The summed E-state index contributed by atoms with van der Waals surface area (Å²) in [4.78, 5) is 24.9. The number of amides is 2. The highest BCUT2D eigenvalue weighted by molar-refractivity contribution is 6.05. The van der Waals surface area contributed by atoms with Crippen molar-refractivity contribution in [1.82, 2.24) is 0 Å². The number of benzene rings is 3. The second-order valence-electron chi connectivity index (χ2n) is 6.66. The van der Waals surface area contributed by atoms with Crippen LogP contribution in [0.15, 0.2) is 66.7 Å². The fourth-order valence-electron chi connectivity index (χ4n) is 3.04. The van der Waals surface area contributed by atoms with Gasteiger partial charge in [0.05, 0.1) is 27.8 Å². The summed E-state index contributed by atoms with van der Waals surface area (Å²) in [6.07, 6.45) is 0.292. The van der Waals surface area contributed by atoms with E-state index in [2.05, 4.69) is 10.6 Å². The predicted molar refractivity (Wildman–Crippen MR) is 119 cm³/mol. The van der Waals surface area contributed by atoms with Crippen molar-refractivity contribution in [3.8, 4) is 17.2 Å². The van der Waals surface area contributed by atoms with Gasteiger partial charge in [-0.05, 0) is 42.0 Å². The zero-order valence-electron chi connectivity index (χ0n) is 17.6. The average Bonchev–Trinajstić information content (AvgIpc) is 2.79. The van der Waals surface area contributed by atoms with Crippen LogP contribution in [-0.4, -0.2) is 33.1 Å². The van der Waals surface area contributed by atoms with Crippen molar-refractivity contribution < 1.29 is 23.8 Å². The molecule has 0 saturated carbocycles. The Morgan fingerprint density at radius 1 is 0.742 bits per heavy atom. The second kappa shape index (κ2) is 10.2. The predicted octanol–water partition coefficient (Wildman–Crippen LogP) is 4.15. The van der Waals surface area contributed by atoms with Crippen molar-refractivity contribution in [3.05, 3.63) is 77.9 Å². The van der Waals surface area contributed by atoms with Gasteiger partial charge >= 0.3 is 0 Å². The fraction of sp³-hybridized carbons (Fsp3) is 0.167. The molecule has 0 aromatic heterocycles. The highest BCUT2D eigenvalue weighted by Crippen LogP contribution is 2.38. The number of anilines is 2. The van der Waals surface area contributed by atoms with Crippen molar-refractivity contribution in [2.45, 2.75) is 6.42 Å². The van der Waals surface area contributed by atoms with Crippen LogP contribution in [0.2, 0.25) is 0 Å². The second-order valence-corrected chi connectivity index (χ2v) is 6.66. The van der Waals surface area contributed by atoms with E-state index in [0.29, 0.717) is 40.6 Å². The van der Waals surface area contributed by atoms with E-state index in [1.54, 1.807) is 36.4 Å². The molecule has 7 heteroatoms. The van der Waals surface area contributed by atoms with Crippen LogP contribution in [0.4, 0.5) is 11.4 Å². The van der Waals surface area contributed by atoms with Gasteiger partial charge in [-0.2, -0.15) is 0 Å². The van der Waals surface area contributed by atoms with Gasteiger partial charge in [0.25, 0.3) is 5.91 Å². The fourth-order valence-corrected chi connectivity index (χ4v) is 3.04. The summed E-state index contributed by atoms with van der Waals surface area (Å²) >= 11 is 0. The van der Waals surface area contributed by atoms with Gasteiger partial charge in [-0.15, -0.1) is 0 Å². The normalized spacial score (nSPS) is 10.2. The minimum absolute atomic E-state index is 0.111. The average molecular weight is 420 g/mol. The lowest BCUT2D eigenvalue weighted by molar-refractivity contribution is -0.115. The van der Waals surface area contributed by atoms with Gasteiger partial charge in [0.2, 0.25) is 11.7 Å². The van der Waals surface area contributed by atoms with Crippen LogP contribution >= 0.6 is 0 Å². The molecule has 0 radical (unpaired) electrons. The maximum Gasteiger partial charge on any atom is 0.255 e. The minimum atomic E-state index is -0.333. The molecule has 0 atom stereocenters. The summed E-state index contributed by atoms with van der Waals surface area (Å²) in [7, 11) is 4.48. The van der Waals surface area contributed by atoms with Crippen molar-refractivity contribution >= 4 is 23.2 Å². The third-order valence-electron chi connectivity index (χ3n) is 4.56. The van der Waals surface area contributed by atoms with E-state index in [4.69, 9.17) is 14.2 Å². The van der Waals surface area contributed by atoms with Crippen LogP contribution in [0.25, 0.3) is 0 Å². The van der Waals surface area contributed by atoms with E-state index < -0.39 is 0 Å². The Hall–Kier alpha value is -4.00. The SMILES string of the molecule is COc1cc(C(=O)Nc2ccc(NC(=O)Cc3ccccc3)cc2)cc(OC)c1OC. The van der Waals surface area contributed by atoms with Crippen LogP contribution in [0.1, 0.15) is 15.9 Å². The van der Waals surface area contributed by atoms with Crippen LogP contribution < -0.4 is 24.8 Å². The molecule has 160 valence electrons. The van der Waals surface area contributed by atoms with E-state index in [1.807, 2.05) is 30.3 Å². The van der Waals surface area contributed by atoms with Gasteiger partial charge in [0.1, 0.15) is 0 Å². The van der Waals surface area contributed by atoms with E-state index in [9.17, 15) is 9.59 Å². The molecule has 0 fully saturated rings. The Balaban J connectivity index is 1.65.